The van der Waals surface area contributed by atoms with Crippen LogP contribution >= 0.6 is 22.7 Å². The Balaban J connectivity index is -0.000000323. The second-order valence-electron chi connectivity index (χ2n) is 3.11. The summed E-state index contributed by atoms with van der Waals surface area (Å²) in [5.41, 5.74) is 12.5. The molecule has 13 heteroatoms. The maximum atomic E-state index is 9.43. The van der Waals surface area contributed by atoms with Crippen LogP contribution in [0.2, 0.25) is 0 Å². The van der Waals surface area contributed by atoms with E-state index in [9.17, 15) is 9.59 Å². The largest absolute Gasteiger partial charge is 0.481 e. The molecule has 0 bridgehead atoms. The van der Waals surface area contributed by atoms with Gasteiger partial charge in [0.05, 0.1) is 0 Å². The van der Waals surface area contributed by atoms with Gasteiger partial charge in [-0.1, -0.05) is 0 Å². The van der Waals surface area contributed by atoms with Gasteiger partial charge >= 0.3 is 11.9 Å². The van der Waals surface area contributed by atoms with Crippen LogP contribution < -0.4 is 11.5 Å². The maximum Gasteiger partial charge on any atom is 0.314 e. The molecule has 0 unspecified atom stereocenters. The minimum absolute atomic E-state index is 0. The summed E-state index contributed by atoms with van der Waals surface area (Å²) in [5, 5.41) is 20.2. The summed E-state index contributed by atoms with van der Waals surface area (Å²) in [6.45, 7) is 0. The van der Waals surface area contributed by atoms with Crippen molar-refractivity contribution >= 4 is 44.9 Å². The smallest absolute Gasteiger partial charge is 0.314 e. The van der Waals surface area contributed by atoms with E-state index < -0.39 is 18.4 Å². The van der Waals surface area contributed by atoms with Crippen LogP contribution in [0.3, 0.4) is 0 Å². The van der Waals surface area contributed by atoms with E-state index in [0.29, 0.717) is 10.3 Å². The van der Waals surface area contributed by atoms with Crippen molar-refractivity contribution in [1.29, 1.82) is 0 Å². The van der Waals surface area contributed by atoms with E-state index in [1.165, 1.54) is 22.7 Å². The summed E-state index contributed by atoms with van der Waals surface area (Å²) in [5.74, 6) is -2.62. The summed E-state index contributed by atoms with van der Waals surface area (Å²) in [4.78, 5) is 27.0. The Hall–Kier alpha value is -1.79. The Morgan fingerprint density at radius 2 is 1.27 bits per heavy atom. The minimum atomic E-state index is -1.31. The van der Waals surface area contributed by atoms with Gasteiger partial charge in [-0.2, -0.15) is 0 Å². The summed E-state index contributed by atoms with van der Waals surface area (Å²) in [6, 6.07) is 0. The molecule has 0 aliphatic rings. The number of aromatic nitrogens is 2. The molecule has 0 spiro atoms. The first-order valence-electron chi connectivity index (χ1n) is 4.74. The molecule has 2 aromatic heterocycles. The molecule has 0 radical (unpaired) electrons. The summed E-state index contributed by atoms with van der Waals surface area (Å²) < 4.78 is 0. The van der Waals surface area contributed by atoms with Crippen molar-refractivity contribution in [3.05, 3.63) is 10.8 Å². The monoisotopic (exact) mass is 398 g/mol. The van der Waals surface area contributed by atoms with Crippen LogP contribution in [-0.4, -0.2) is 32.1 Å². The molecule has 0 saturated carbocycles. The van der Waals surface area contributed by atoms with Crippen molar-refractivity contribution < 1.29 is 47.2 Å². The fourth-order valence-electron chi connectivity index (χ4n) is 0.940. The molecule has 0 saturated heterocycles. The van der Waals surface area contributed by atoms with Gasteiger partial charge in [0.2, 0.25) is 0 Å². The van der Waals surface area contributed by atoms with Gasteiger partial charge in [0.1, 0.15) is 17.8 Å². The SMILES string of the molecule is Nc1nc(-c2csc(N)n2)cs1.O=C(O)CC(=O)O.[Ni].[OH3+].[OH3+]. The van der Waals surface area contributed by atoms with Crippen LogP contribution in [0.5, 0.6) is 0 Å². The normalized spacial score (nSPS) is 8.18. The Bertz CT molecular complexity index is 540. The first-order chi connectivity index (χ1) is 8.88. The maximum absolute atomic E-state index is 9.43. The number of hydrogen-bond acceptors (Lipinski definition) is 8. The fraction of sp³-hybridized carbons (Fsp3) is 0.111. The number of hydrogen-bond donors (Lipinski definition) is 4. The third kappa shape index (κ3) is 9.20. The molecule has 2 heterocycles. The topological polar surface area (TPSA) is 218 Å². The standard InChI is InChI=1S/C6H6N4S2.C3H4O4.Ni.2H2O/c7-5-9-3(1-11-5)4-2-12-6(8)10-4;4-2(5)1-3(6)7;;;/h1-2H,(H2,7,9)(H2,8,10);1H2,(H,4,5)(H,6,7);;2*1H2/p+2. The van der Waals surface area contributed by atoms with Crippen molar-refractivity contribution in [1.82, 2.24) is 9.97 Å². The van der Waals surface area contributed by atoms with E-state index >= 15 is 0 Å². The zero-order valence-electron chi connectivity index (χ0n) is 10.9. The number of thiazole rings is 2. The molecule has 0 aromatic carbocycles. The van der Waals surface area contributed by atoms with Crippen LogP contribution in [0.15, 0.2) is 10.8 Å². The average Bonchev–Trinajstić information content (AvgIpc) is 2.85. The summed E-state index contributed by atoms with van der Waals surface area (Å²) in [6.07, 6.45) is -0.806. The number of nitrogen functional groups attached to an aromatic ring is 2. The van der Waals surface area contributed by atoms with E-state index in [-0.39, 0.29) is 27.4 Å². The van der Waals surface area contributed by atoms with Gasteiger partial charge in [-0.05, 0) is 0 Å². The van der Waals surface area contributed by atoms with E-state index in [2.05, 4.69) is 9.97 Å². The molecule has 22 heavy (non-hydrogen) atoms. The van der Waals surface area contributed by atoms with E-state index in [0.717, 1.165) is 11.4 Å². The molecule has 0 amide bonds. The minimum Gasteiger partial charge on any atom is -0.481 e. The van der Waals surface area contributed by atoms with Crippen LogP contribution in [0.4, 0.5) is 10.3 Å². The van der Waals surface area contributed by atoms with Crippen LogP contribution in [-0.2, 0) is 37.0 Å². The van der Waals surface area contributed by atoms with Gasteiger partial charge in [0, 0.05) is 27.3 Å². The number of aliphatic carboxylic acids is 2. The quantitative estimate of drug-likeness (QED) is 0.288. The second-order valence-corrected chi connectivity index (χ2v) is 4.89. The molecule has 0 atom stereocenters. The van der Waals surface area contributed by atoms with Crippen LogP contribution in [0.1, 0.15) is 6.42 Å². The number of nitrogens with zero attached hydrogens (tertiary/aromatic N) is 2. The number of rotatable bonds is 3. The number of carboxylic acids is 2. The molecule has 2 aromatic rings. The van der Waals surface area contributed by atoms with Crippen LogP contribution in [0.25, 0.3) is 11.4 Å². The third-order valence-electron chi connectivity index (χ3n) is 1.61. The Morgan fingerprint density at radius 3 is 1.41 bits per heavy atom. The molecule has 0 aliphatic heterocycles. The van der Waals surface area contributed by atoms with Gasteiger partial charge in [-0.25, -0.2) is 9.97 Å². The zero-order valence-corrected chi connectivity index (χ0v) is 13.5. The van der Waals surface area contributed by atoms with E-state index in [1.807, 2.05) is 10.8 Å². The zero-order chi connectivity index (χ0) is 14.4. The average molecular weight is 399 g/mol. The molecule has 128 valence electrons. The Kier molecular flexibility index (Phi) is 13.5. The predicted octanol–water partition coefficient (Wildman–Crippen LogP) is -0.870. The molecule has 2 rings (SSSR count). The van der Waals surface area contributed by atoms with Gasteiger partial charge in [-0.3, -0.25) is 9.59 Å². The number of nitrogens with two attached hydrogens (primary N) is 2. The number of carbonyl (C=O) groups is 2. The summed E-state index contributed by atoms with van der Waals surface area (Å²) in [7, 11) is 0. The van der Waals surface area contributed by atoms with Gasteiger partial charge < -0.3 is 32.6 Å². The van der Waals surface area contributed by atoms with E-state index in [4.69, 9.17) is 21.7 Å². The number of anilines is 2. The molecular formula is C9H16N4NiO6S2+2. The molecule has 0 aliphatic carbocycles. The molecule has 0 fully saturated rings. The molecular weight excluding hydrogens is 383 g/mol. The fourth-order valence-corrected chi connectivity index (χ4v) is 2.05. The van der Waals surface area contributed by atoms with Gasteiger partial charge in [0.25, 0.3) is 0 Å². The third-order valence-corrected chi connectivity index (χ3v) is 2.96. The Morgan fingerprint density at radius 1 is 0.955 bits per heavy atom. The summed E-state index contributed by atoms with van der Waals surface area (Å²) >= 11 is 2.80. The van der Waals surface area contributed by atoms with Crippen molar-refractivity contribution in [2.45, 2.75) is 6.42 Å². The van der Waals surface area contributed by atoms with Crippen molar-refractivity contribution in [2.75, 3.05) is 11.5 Å². The van der Waals surface area contributed by atoms with Gasteiger partial charge in [0.15, 0.2) is 10.3 Å². The second kappa shape index (κ2) is 11.8. The van der Waals surface area contributed by atoms with Crippen molar-refractivity contribution in [3.8, 4) is 11.4 Å². The number of carboxylic acid groups (broad SMARTS) is 2. The first kappa shape index (κ1) is 25.2. The van der Waals surface area contributed by atoms with E-state index in [1.54, 1.807) is 0 Å². The van der Waals surface area contributed by atoms with Crippen molar-refractivity contribution in [2.24, 2.45) is 0 Å². The first-order valence-corrected chi connectivity index (χ1v) is 6.50. The Labute approximate surface area is 142 Å². The molecule has 12 N–H and O–H groups in total. The van der Waals surface area contributed by atoms with Crippen LogP contribution in [0, 0.1) is 0 Å². The predicted molar refractivity (Wildman–Crippen MR) is 81.7 cm³/mol. The van der Waals surface area contributed by atoms with Gasteiger partial charge in [-0.15, -0.1) is 22.7 Å². The van der Waals surface area contributed by atoms with Crippen molar-refractivity contribution in [3.63, 3.8) is 0 Å². The molecule has 10 nitrogen and oxygen atoms in total.